The first-order valence-corrected chi connectivity index (χ1v) is 5.35. The number of hydrogen-bond donors (Lipinski definition) is 1. The maximum Gasteiger partial charge on any atom is 0.0628 e. The van der Waals surface area contributed by atoms with Gasteiger partial charge in [0.15, 0.2) is 0 Å². The van der Waals surface area contributed by atoms with Gasteiger partial charge in [-0.3, -0.25) is 0 Å². The summed E-state index contributed by atoms with van der Waals surface area (Å²) in [6, 6.07) is 2.71. The second-order valence-electron chi connectivity index (χ2n) is 4.28. The number of methoxy groups -OCH3 is 1. The van der Waals surface area contributed by atoms with Crippen LogP contribution < -0.4 is 5.32 Å². The van der Waals surface area contributed by atoms with Crippen LogP contribution in [0, 0.1) is 16.7 Å². The smallest absolute Gasteiger partial charge is 0.0628 e. The van der Waals surface area contributed by atoms with Gasteiger partial charge in [0.1, 0.15) is 0 Å². The second-order valence-corrected chi connectivity index (χ2v) is 4.28. The molecule has 14 heavy (non-hydrogen) atoms. The van der Waals surface area contributed by atoms with Crippen molar-refractivity contribution in [1.82, 2.24) is 5.32 Å². The standard InChI is InChI=1S/C11H20N2O/c1-3-10(8-14-2)13-9-11(4-5-11)6-7-12/h10,13H,3-6,8-9H2,1-2H3. The van der Waals surface area contributed by atoms with Crippen LogP contribution in [0.3, 0.4) is 0 Å². The molecule has 0 aliphatic heterocycles. The van der Waals surface area contributed by atoms with E-state index in [4.69, 9.17) is 10.00 Å². The first-order valence-electron chi connectivity index (χ1n) is 5.35. The van der Waals surface area contributed by atoms with E-state index in [0.29, 0.717) is 17.9 Å². The summed E-state index contributed by atoms with van der Waals surface area (Å²) in [7, 11) is 1.73. The fourth-order valence-electron chi connectivity index (χ4n) is 1.64. The molecule has 0 spiro atoms. The highest BCUT2D eigenvalue weighted by atomic mass is 16.5. The van der Waals surface area contributed by atoms with E-state index < -0.39 is 0 Å². The molecule has 0 saturated heterocycles. The average Bonchev–Trinajstić information content (AvgIpc) is 2.94. The molecule has 0 radical (unpaired) electrons. The van der Waals surface area contributed by atoms with Crippen LogP contribution in [0.2, 0.25) is 0 Å². The van der Waals surface area contributed by atoms with Crippen LogP contribution in [0.25, 0.3) is 0 Å². The zero-order valence-corrected chi connectivity index (χ0v) is 9.18. The minimum atomic E-state index is 0.301. The lowest BCUT2D eigenvalue weighted by molar-refractivity contribution is 0.161. The fraction of sp³-hybridized carbons (Fsp3) is 0.909. The highest BCUT2D eigenvalue weighted by molar-refractivity contribution is 5.01. The number of hydrogen-bond acceptors (Lipinski definition) is 3. The molecule has 1 aliphatic rings. The molecule has 0 aromatic rings. The van der Waals surface area contributed by atoms with Crippen LogP contribution in [0.15, 0.2) is 0 Å². The van der Waals surface area contributed by atoms with Gasteiger partial charge in [0, 0.05) is 26.1 Å². The summed E-state index contributed by atoms with van der Waals surface area (Å²) in [4.78, 5) is 0. The third-order valence-electron chi connectivity index (χ3n) is 3.04. The van der Waals surface area contributed by atoms with Crippen LogP contribution >= 0.6 is 0 Å². The predicted molar refractivity (Wildman–Crippen MR) is 55.9 cm³/mol. The quantitative estimate of drug-likeness (QED) is 0.674. The van der Waals surface area contributed by atoms with Gasteiger partial charge in [0.25, 0.3) is 0 Å². The van der Waals surface area contributed by atoms with Crippen molar-refractivity contribution in [2.24, 2.45) is 5.41 Å². The molecule has 3 heteroatoms. The molecule has 0 amide bonds. The molecule has 1 atom stereocenters. The van der Waals surface area contributed by atoms with E-state index in [1.807, 2.05) is 0 Å². The maximum absolute atomic E-state index is 8.67. The Hall–Kier alpha value is -0.590. The van der Waals surface area contributed by atoms with E-state index in [-0.39, 0.29) is 0 Å². The molecule has 0 bridgehead atoms. The Bertz CT molecular complexity index is 206. The molecule has 1 N–H and O–H groups in total. The predicted octanol–water partition coefficient (Wildman–Crippen LogP) is 1.69. The Labute approximate surface area is 86.4 Å². The van der Waals surface area contributed by atoms with Crippen molar-refractivity contribution in [3.05, 3.63) is 0 Å². The van der Waals surface area contributed by atoms with Crippen molar-refractivity contribution in [2.45, 2.75) is 38.6 Å². The molecule has 1 fully saturated rings. The van der Waals surface area contributed by atoms with Gasteiger partial charge in [-0.25, -0.2) is 0 Å². The minimum Gasteiger partial charge on any atom is -0.383 e. The van der Waals surface area contributed by atoms with E-state index in [1.54, 1.807) is 7.11 Å². The lowest BCUT2D eigenvalue weighted by Gasteiger charge is -2.19. The minimum absolute atomic E-state index is 0.301. The van der Waals surface area contributed by atoms with Crippen LogP contribution in [0.5, 0.6) is 0 Å². The highest BCUT2D eigenvalue weighted by Crippen LogP contribution is 2.47. The van der Waals surface area contributed by atoms with Gasteiger partial charge in [-0.2, -0.15) is 5.26 Å². The summed E-state index contributed by atoms with van der Waals surface area (Å²) in [5, 5.41) is 12.1. The molecule has 1 unspecified atom stereocenters. The number of nitrogens with one attached hydrogen (secondary N) is 1. The van der Waals surface area contributed by atoms with Gasteiger partial charge >= 0.3 is 0 Å². The van der Waals surface area contributed by atoms with Crippen molar-refractivity contribution in [3.63, 3.8) is 0 Å². The van der Waals surface area contributed by atoms with E-state index in [0.717, 1.165) is 19.6 Å². The maximum atomic E-state index is 8.67. The fourth-order valence-corrected chi connectivity index (χ4v) is 1.64. The van der Waals surface area contributed by atoms with Gasteiger partial charge in [-0.05, 0) is 24.7 Å². The zero-order valence-electron chi connectivity index (χ0n) is 9.18. The SMILES string of the molecule is CCC(COC)NCC1(CC#N)CC1. The van der Waals surface area contributed by atoms with Crippen LogP contribution in [-0.4, -0.2) is 26.3 Å². The lowest BCUT2D eigenvalue weighted by atomic mass is 10.0. The number of nitriles is 1. The highest BCUT2D eigenvalue weighted by Gasteiger charge is 2.42. The van der Waals surface area contributed by atoms with E-state index >= 15 is 0 Å². The average molecular weight is 196 g/mol. The zero-order chi connectivity index (χ0) is 10.4. The van der Waals surface area contributed by atoms with Crippen molar-refractivity contribution < 1.29 is 4.74 Å². The van der Waals surface area contributed by atoms with E-state index in [2.05, 4.69) is 18.3 Å². The third-order valence-corrected chi connectivity index (χ3v) is 3.04. The molecule has 1 rings (SSSR count). The summed E-state index contributed by atoms with van der Waals surface area (Å²) in [6.07, 6.45) is 4.19. The molecule has 0 aromatic heterocycles. The Morgan fingerprint density at radius 3 is 2.71 bits per heavy atom. The monoisotopic (exact) mass is 196 g/mol. The van der Waals surface area contributed by atoms with Crippen LogP contribution in [-0.2, 0) is 4.74 Å². The van der Waals surface area contributed by atoms with Crippen LogP contribution in [0.4, 0.5) is 0 Å². The van der Waals surface area contributed by atoms with Gasteiger partial charge in [0.2, 0.25) is 0 Å². The normalized spacial score (nSPS) is 20.1. The van der Waals surface area contributed by atoms with Gasteiger partial charge in [0.05, 0.1) is 12.7 Å². The summed E-state index contributed by atoms with van der Waals surface area (Å²) in [6.45, 7) is 3.89. The van der Waals surface area contributed by atoms with Crippen molar-refractivity contribution in [1.29, 1.82) is 5.26 Å². The molecule has 0 heterocycles. The first kappa shape index (κ1) is 11.5. The largest absolute Gasteiger partial charge is 0.383 e. The molecular formula is C11H20N2O. The van der Waals surface area contributed by atoms with Crippen molar-refractivity contribution in [3.8, 4) is 6.07 Å². The Morgan fingerprint density at radius 2 is 2.29 bits per heavy atom. The summed E-state index contributed by atoms with van der Waals surface area (Å²) < 4.78 is 5.11. The first-order chi connectivity index (χ1) is 6.76. The third kappa shape index (κ3) is 3.28. The number of nitrogens with zero attached hydrogens (tertiary/aromatic N) is 1. The summed E-state index contributed by atoms with van der Waals surface area (Å²) >= 11 is 0. The molecular weight excluding hydrogens is 176 g/mol. The number of rotatable bonds is 7. The molecule has 1 saturated carbocycles. The van der Waals surface area contributed by atoms with Crippen LogP contribution in [0.1, 0.15) is 32.6 Å². The van der Waals surface area contributed by atoms with E-state index in [1.165, 1.54) is 12.8 Å². The Morgan fingerprint density at radius 1 is 1.57 bits per heavy atom. The van der Waals surface area contributed by atoms with Gasteiger partial charge in [-0.1, -0.05) is 6.92 Å². The lowest BCUT2D eigenvalue weighted by Crippen LogP contribution is -2.36. The molecule has 80 valence electrons. The van der Waals surface area contributed by atoms with Crippen molar-refractivity contribution >= 4 is 0 Å². The second kappa shape index (κ2) is 5.33. The van der Waals surface area contributed by atoms with Gasteiger partial charge in [-0.15, -0.1) is 0 Å². The molecule has 3 nitrogen and oxygen atoms in total. The Balaban J connectivity index is 2.21. The number of ether oxygens (including phenoxy) is 1. The van der Waals surface area contributed by atoms with Gasteiger partial charge < -0.3 is 10.1 Å². The summed E-state index contributed by atoms with van der Waals surface area (Å²) in [5.74, 6) is 0. The summed E-state index contributed by atoms with van der Waals surface area (Å²) in [5.41, 5.74) is 0.301. The molecule has 0 aromatic carbocycles. The van der Waals surface area contributed by atoms with E-state index in [9.17, 15) is 0 Å². The molecule has 1 aliphatic carbocycles. The topological polar surface area (TPSA) is 45.0 Å². The van der Waals surface area contributed by atoms with Crippen molar-refractivity contribution in [2.75, 3.05) is 20.3 Å². The Kier molecular flexibility index (Phi) is 4.37.